The number of rotatable bonds is 7. The van der Waals surface area contributed by atoms with E-state index in [0.29, 0.717) is 27.1 Å². The molecule has 2 aromatic carbocycles. The van der Waals surface area contributed by atoms with Crippen molar-refractivity contribution in [1.29, 1.82) is 0 Å². The minimum Gasteiger partial charge on any atom is -0.468 e. The van der Waals surface area contributed by atoms with Crippen LogP contribution in [0.5, 0.6) is 5.75 Å². The third kappa shape index (κ3) is 5.95. The van der Waals surface area contributed by atoms with Crippen molar-refractivity contribution in [3.63, 3.8) is 0 Å². The van der Waals surface area contributed by atoms with E-state index in [1.54, 1.807) is 43.5 Å². The molecule has 0 saturated carbocycles. The minimum absolute atomic E-state index is 0.0263. The first kappa shape index (κ1) is 24.6. The zero-order valence-electron chi connectivity index (χ0n) is 18.2. The maximum Gasteiger partial charge on any atom is 0.416 e. The van der Waals surface area contributed by atoms with E-state index < -0.39 is 17.6 Å². The first-order chi connectivity index (χ1) is 16.6. The molecule has 0 aliphatic rings. The number of ether oxygens (including phenoxy) is 1. The lowest BCUT2D eigenvalue weighted by Crippen LogP contribution is -2.15. The summed E-state index contributed by atoms with van der Waals surface area (Å²) in [6, 6.07) is 13.1. The van der Waals surface area contributed by atoms with Crippen LogP contribution in [0.2, 0.25) is 10.0 Å². The van der Waals surface area contributed by atoms with Crippen molar-refractivity contribution in [1.82, 2.24) is 19.6 Å². The number of halogens is 5. The number of aromatic nitrogens is 4. The van der Waals surface area contributed by atoms with Gasteiger partial charge in [0.2, 0.25) is 0 Å². The average molecular weight is 524 g/mol. The van der Waals surface area contributed by atoms with Gasteiger partial charge in [-0.1, -0.05) is 41.4 Å². The second kappa shape index (κ2) is 10.0. The first-order valence-corrected chi connectivity index (χ1v) is 11.0. The predicted molar refractivity (Wildman–Crippen MR) is 125 cm³/mol. The van der Waals surface area contributed by atoms with Crippen LogP contribution in [0, 0.1) is 6.92 Å². The van der Waals surface area contributed by atoms with Gasteiger partial charge in [-0.15, -0.1) is 0 Å². The van der Waals surface area contributed by atoms with Crippen LogP contribution in [0.4, 0.5) is 19.0 Å². The Hall–Kier alpha value is -3.50. The standard InChI is InChI=1S/C23H18Cl2F3N5O2/c1-14-10-20(31-33(14)12-15-4-2-5-16(11-15)23(26,27)28)29-22(34)19-8-9-32(30-19)13-35-21-17(24)6-3-7-18(21)25/h2-11H,12-13H2,1H3,(H,29,31,34). The van der Waals surface area contributed by atoms with Crippen molar-refractivity contribution in [3.8, 4) is 5.75 Å². The van der Waals surface area contributed by atoms with Crippen LogP contribution in [0.1, 0.15) is 27.3 Å². The predicted octanol–water partition coefficient (Wildman–Crippen LogP) is 6.05. The molecule has 12 heteroatoms. The summed E-state index contributed by atoms with van der Waals surface area (Å²) in [7, 11) is 0. The Morgan fingerprint density at radius 1 is 1.06 bits per heavy atom. The van der Waals surface area contributed by atoms with Crippen LogP contribution in [-0.2, 0) is 19.5 Å². The fraction of sp³-hybridized carbons (Fsp3) is 0.174. The van der Waals surface area contributed by atoms with E-state index in [1.807, 2.05) is 0 Å². The molecule has 0 radical (unpaired) electrons. The van der Waals surface area contributed by atoms with Crippen LogP contribution in [-0.4, -0.2) is 25.5 Å². The molecule has 1 amide bonds. The maximum atomic E-state index is 13.0. The van der Waals surface area contributed by atoms with Gasteiger partial charge in [0.05, 0.1) is 22.2 Å². The van der Waals surface area contributed by atoms with Gasteiger partial charge < -0.3 is 10.1 Å². The molecule has 0 aliphatic carbocycles. The number of carbonyl (C=O) groups excluding carboxylic acids is 1. The lowest BCUT2D eigenvalue weighted by atomic mass is 10.1. The third-order valence-electron chi connectivity index (χ3n) is 4.94. The molecule has 182 valence electrons. The highest BCUT2D eigenvalue weighted by Crippen LogP contribution is 2.32. The number of nitrogens with zero attached hydrogens (tertiary/aromatic N) is 4. The van der Waals surface area contributed by atoms with Gasteiger partial charge in [0.15, 0.2) is 24.0 Å². The van der Waals surface area contributed by atoms with Crippen molar-refractivity contribution < 1.29 is 22.7 Å². The van der Waals surface area contributed by atoms with Crippen molar-refractivity contribution in [2.75, 3.05) is 5.32 Å². The number of para-hydroxylation sites is 1. The molecular formula is C23H18Cl2F3N5O2. The van der Waals surface area contributed by atoms with Gasteiger partial charge in [0.1, 0.15) is 0 Å². The van der Waals surface area contributed by atoms with E-state index in [4.69, 9.17) is 27.9 Å². The van der Waals surface area contributed by atoms with E-state index in [1.165, 1.54) is 21.5 Å². The Morgan fingerprint density at radius 3 is 2.49 bits per heavy atom. The highest BCUT2D eigenvalue weighted by Gasteiger charge is 2.30. The Bertz CT molecular complexity index is 1350. The third-order valence-corrected chi connectivity index (χ3v) is 5.54. The molecule has 0 spiro atoms. The Labute approximate surface area is 208 Å². The number of benzene rings is 2. The van der Waals surface area contributed by atoms with Crippen molar-refractivity contribution >= 4 is 34.9 Å². The Balaban J connectivity index is 1.40. The minimum atomic E-state index is -4.43. The van der Waals surface area contributed by atoms with Crippen molar-refractivity contribution in [2.45, 2.75) is 26.4 Å². The molecule has 4 rings (SSSR count). The average Bonchev–Trinajstić information content (AvgIpc) is 3.40. The highest BCUT2D eigenvalue weighted by molar-refractivity contribution is 6.37. The van der Waals surface area contributed by atoms with Crippen LogP contribution in [0.3, 0.4) is 0 Å². The molecule has 0 atom stereocenters. The number of amides is 1. The number of anilines is 1. The van der Waals surface area contributed by atoms with Gasteiger partial charge >= 0.3 is 6.18 Å². The number of hydrogen-bond donors (Lipinski definition) is 1. The maximum absolute atomic E-state index is 13.0. The largest absolute Gasteiger partial charge is 0.468 e. The summed E-state index contributed by atoms with van der Waals surface area (Å²) in [6.45, 7) is 1.83. The summed E-state index contributed by atoms with van der Waals surface area (Å²) in [5, 5.41) is 11.8. The monoisotopic (exact) mass is 523 g/mol. The molecule has 0 unspecified atom stereocenters. The fourth-order valence-corrected chi connectivity index (χ4v) is 3.74. The topological polar surface area (TPSA) is 74.0 Å². The molecule has 0 fully saturated rings. The van der Waals surface area contributed by atoms with Crippen molar-refractivity contribution in [3.05, 3.63) is 93.4 Å². The van der Waals surface area contributed by atoms with Gasteiger partial charge in [-0.05, 0) is 42.8 Å². The lowest BCUT2D eigenvalue weighted by Gasteiger charge is -2.09. The summed E-state index contributed by atoms with van der Waals surface area (Å²) < 4.78 is 47.4. The number of aryl methyl sites for hydroxylation is 1. The van der Waals surface area contributed by atoms with Gasteiger partial charge in [0.25, 0.3) is 5.91 Å². The molecule has 2 heterocycles. The van der Waals surface area contributed by atoms with Gasteiger partial charge in [-0.25, -0.2) is 4.68 Å². The molecule has 2 aromatic heterocycles. The molecule has 35 heavy (non-hydrogen) atoms. The fourth-order valence-electron chi connectivity index (χ4n) is 3.24. The number of nitrogens with one attached hydrogen (secondary N) is 1. The van der Waals surface area contributed by atoms with E-state index in [2.05, 4.69) is 15.5 Å². The zero-order chi connectivity index (χ0) is 25.2. The summed E-state index contributed by atoms with van der Waals surface area (Å²) in [5.74, 6) is 0.0375. The van der Waals surface area contributed by atoms with Crippen molar-refractivity contribution in [2.24, 2.45) is 0 Å². The van der Waals surface area contributed by atoms with Gasteiger partial charge in [-0.2, -0.15) is 23.4 Å². The molecule has 0 aliphatic heterocycles. The second-order valence-electron chi connectivity index (χ2n) is 7.55. The first-order valence-electron chi connectivity index (χ1n) is 10.2. The van der Waals surface area contributed by atoms with E-state index >= 15 is 0 Å². The second-order valence-corrected chi connectivity index (χ2v) is 8.36. The van der Waals surface area contributed by atoms with Crippen LogP contribution in [0.25, 0.3) is 0 Å². The van der Waals surface area contributed by atoms with E-state index in [-0.39, 0.29) is 24.8 Å². The van der Waals surface area contributed by atoms with Gasteiger partial charge in [-0.3, -0.25) is 9.48 Å². The summed E-state index contributed by atoms with van der Waals surface area (Å²) >= 11 is 12.1. The van der Waals surface area contributed by atoms with Crippen LogP contribution >= 0.6 is 23.2 Å². The summed E-state index contributed by atoms with van der Waals surface area (Å²) in [4.78, 5) is 12.6. The Morgan fingerprint density at radius 2 is 1.77 bits per heavy atom. The SMILES string of the molecule is Cc1cc(NC(=O)c2ccn(COc3c(Cl)cccc3Cl)n2)nn1Cc1cccc(C(F)(F)F)c1. The quantitative estimate of drug-likeness (QED) is 0.320. The van der Waals surface area contributed by atoms with Crippen LogP contribution in [0.15, 0.2) is 60.8 Å². The van der Waals surface area contributed by atoms with E-state index in [9.17, 15) is 18.0 Å². The molecule has 4 aromatic rings. The lowest BCUT2D eigenvalue weighted by molar-refractivity contribution is -0.137. The van der Waals surface area contributed by atoms with Crippen LogP contribution < -0.4 is 10.1 Å². The van der Waals surface area contributed by atoms with Gasteiger partial charge in [0, 0.05) is 18.0 Å². The molecule has 1 N–H and O–H groups in total. The molecule has 0 bridgehead atoms. The Kier molecular flexibility index (Phi) is 7.04. The normalized spacial score (nSPS) is 11.5. The highest BCUT2D eigenvalue weighted by atomic mass is 35.5. The summed E-state index contributed by atoms with van der Waals surface area (Å²) in [6.07, 6.45) is -2.88. The number of carbonyl (C=O) groups is 1. The number of alkyl halides is 3. The molecule has 7 nitrogen and oxygen atoms in total. The molecular weight excluding hydrogens is 506 g/mol. The number of hydrogen-bond acceptors (Lipinski definition) is 4. The van der Waals surface area contributed by atoms with E-state index in [0.717, 1.165) is 12.1 Å². The smallest absolute Gasteiger partial charge is 0.416 e. The summed E-state index contributed by atoms with van der Waals surface area (Å²) in [5.41, 5.74) is 0.475. The zero-order valence-corrected chi connectivity index (χ0v) is 19.7. The molecule has 0 saturated heterocycles.